The summed E-state index contributed by atoms with van der Waals surface area (Å²) in [6, 6.07) is 11.4. The molecule has 0 fully saturated rings. The molecule has 2 rings (SSSR count). The first-order valence-corrected chi connectivity index (χ1v) is 13.5. The van der Waals surface area contributed by atoms with Crippen LogP contribution < -0.4 is 9.62 Å². The van der Waals surface area contributed by atoms with Gasteiger partial charge in [-0.15, -0.1) is 0 Å². The molecule has 7 nitrogen and oxygen atoms in total. The molecule has 1 atom stereocenters. The van der Waals surface area contributed by atoms with Gasteiger partial charge in [0.15, 0.2) is 0 Å². The van der Waals surface area contributed by atoms with E-state index in [1.54, 1.807) is 43.3 Å². The SMILES string of the molecule is CCCCNC(=O)C(C)N(Cc1ccc(Cl)cc1)C(=O)CN(c1ccc(C)c(C)c1)S(C)(=O)=O. The zero-order chi connectivity index (χ0) is 25.5. The van der Waals surface area contributed by atoms with Crippen molar-refractivity contribution in [2.75, 3.05) is 23.7 Å². The summed E-state index contributed by atoms with van der Waals surface area (Å²) in [4.78, 5) is 27.7. The van der Waals surface area contributed by atoms with Crippen LogP contribution in [0, 0.1) is 13.8 Å². The Balaban J connectivity index is 2.35. The van der Waals surface area contributed by atoms with Gasteiger partial charge in [0.25, 0.3) is 0 Å². The molecule has 2 aromatic carbocycles. The van der Waals surface area contributed by atoms with Crippen molar-refractivity contribution < 1.29 is 18.0 Å². The highest BCUT2D eigenvalue weighted by molar-refractivity contribution is 7.92. The molecular weight excluding hydrogens is 474 g/mol. The Kier molecular flexibility index (Phi) is 9.94. The van der Waals surface area contributed by atoms with E-state index in [1.165, 1.54) is 4.90 Å². The minimum atomic E-state index is -3.75. The molecule has 0 spiro atoms. The molecule has 0 aromatic heterocycles. The van der Waals surface area contributed by atoms with Gasteiger partial charge in [0, 0.05) is 18.1 Å². The van der Waals surface area contributed by atoms with Crippen molar-refractivity contribution in [3.63, 3.8) is 0 Å². The van der Waals surface area contributed by atoms with Gasteiger partial charge in [-0.2, -0.15) is 0 Å². The van der Waals surface area contributed by atoms with Crippen LogP contribution in [0.2, 0.25) is 5.02 Å². The summed E-state index contributed by atoms with van der Waals surface area (Å²) in [7, 11) is -3.75. The number of unbranched alkanes of at least 4 members (excludes halogenated alkanes) is 1. The molecule has 0 aliphatic rings. The summed E-state index contributed by atoms with van der Waals surface area (Å²) in [5.41, 5.74) is 3.12. The molecule has 0 saturated heterocycles. The van der Waals surface area contributed by atoms with Crippen LogP contribution in [0.25, 0.3) is 0 Å². The highest BCUT2D eigenvalue weighted by Crippen LogP contribution is 2.22. The first-order valence-electron chi connectivity index (χ1n) is 11.3. The summed E-state index contributed by atoms with van der Waals surface area (Å²) < 4.78 is 26.3. The lowest BCUT2D eigenvalue weighted by atomic mass is 10.1. The highest BCUT2D eigenvalue weighted by Gasteiger charge is 2.30. The minimum absolute atomic E-state index is 0.142. The second-order valence-corrected chi connectivity index (χ2v) is 10.9. The van der Waals surface area contributed by atoms with Crippen LogP contribution >= 0.6 is 11.6 Å². The van der Waals surface area contributed by atoms with E-state index < -0.39 is 28.5 Å². The van der Waals surface area contributed by atoms with Crippen LogP contribution in [0.4, 0.5) is 5.69 Å². The number of nitrogens with one attached hydrogen (secondary N) is 1. The van der Waals surface area contributed by atoms with Gasteiger partial charge in [0.1, 0.15) is 12.6 Å². The molecule has 2 aromatic rings. The number of sulfonamides is 1. The number of carbonyl (C=O) groups is 2. The van der Waals surface area contributed by atoms with E-state index in [9.17, 15) is 18.0 Å². The van der Waals surface area contributed by atoms with E-state index in [1.807, 2.05) is 26.8 Å². The number of amides is 2. The number of anilines is 1. The van der Waals surface area contributed by atoms with E-state index in [2.05, 4.69) is 5.32 Å². The number of benzene rings is 2. The molecule has 186 valence electrons. The number of hydrogen-bond acceptors (Lipinski definition) is 4. The van der Waals surface area contributed by atoms with Crippen LogP contribution in [0.15, 0.2) is 42.5 Å². The summed E-state index contributed by atoms with van der Waals surface area (Å²) >= 11 is 5.99. The van der Waals surface area contributed by atoms with E-state index in [4.69, 9.17) is 11.6 Å². The number of hydrogen-bond donors (Lipinski definition) is 1. The zero-order valence-corrected chi connectivity index (χ0v) is 22.0. The number of rotatable bonds is 11. The van der Waals surface area contributed by atoms with Crippen LogP contribution in [-0.4, -0.2) is 50.5 Å². The number of halogens is 1. The van der Waals surface area contributed by atoms with E-state index >= 15 is 0 Å². The average Bonchev–Trinajstić information content (AvgIpc) is 2.77. The smallest absolute Gasteiger partial charge is 0.244 e. The van der Waals surface area contributed by atoms with Crippen molar-refractivity contribution in [1.82, 2.24) is 10.2 Å². The fourth-order valence-corrected chi connectivity index (χ4v) is 4.37. The van der Waals surface area contributed by atoms with Gasteiger partial charge in [-0.3, -0.25) is 13.9 Å². The van der Waals surface area contributed by atoms with Crippen molar-refractivity contribution in [1.29, 1.82) is 0 Å². The van der Waals surface area contributed by atoms with Crippen molar-refractivity contribution >= 4 is 39.1 Å². The molecule has 0 heterocycles. The van der Waals surface area contributed by atoms with Gasteiger partial charge < -0.3 is 10.2 Å². The van der Waals surface area contributed by atoms with Crippen molar-refractivity contribution in [3.8, 4) is 0 Å². The lowest BCUT2D eigenvalue weighted by Crippen LogP contribution is -2.51. The molecule has 9 heteroatoms. The molecule has 2 amide bonds. The predicted molar refractivity (Wildman–Crippen MR) is 137 cm³/mol. The van der Waals surface area contributed by atoms with Gasteiger partial charge in [-0.05, 0) is 68.1 Å². The Bertz CT molecular complexity index is 1100. The summed E-state index contributed by atoms with van der Waals surface area (Å²) in [6.45, 7) is 7.73. The Morgan fingerprint density at radius 3 is 2.26 bits per heavy atom. The monoisotopic (exact) mass is 507 g/mol. The van der Waals surface area contributed by atoms with Crippen molar-refractivity contribution in [2.45, 2.75) is 53.1 Å². The lowest BCUT2D eigenvalue weighted by molar-refractivity contribution is -0.139. The predicted octanol–water partition coefficient (Wildman–Crippen LogP) is 4.06. The lowest BCUT2D eigenvalue weighted by Gasteiger charge is -2.31. The maximum absolute atomic E-state index is 13.5. The molecule has 0 aliphatic carbocycles. The fourth-order valence-electron chi connectivity index (χ4n) is 3.40. The maximum atomic E-state index is 13.5. The Morgan fingerprint density at radius 2 is 1.71 bits per heavy atom. The summed E-state index contributed by atoms with van der Waals surface area (Å²) in [6.07, 6.45) is 2.83. The average molecular weight is 508 g/mol. The molecule has 0 aliphatic heterocycles. The third kappa shape index (κ3) is 7.74. The second kappa shape index (κ2) is 12.2. The Morgan fingerprint density at radius 1 is 1.06 bits per heavy atom. The number of nitrogens with zero attached hydrogens (tertiary/aromatic N) is 2. The molecular formula is C25H34ClN3O4S. The number of aryl methyl sites for hydroxylation is 2. The molecule has 0 bridgehead atoms. The van der Waals surface area contributed by atoms with Gasteiger partial charge in [-0.1, -0.05) is 43.1 Å². The Hall–Kier alpha value is -2.58. The van der Waals surface area contributed by atoms with Crippen LogP contribution in [0.3, 0.4) is 0 Å². The fraction of sp³-hybridized carbons (Fsp3) is 0.440. The largest absolute Gasteiger partial charge is 0.354 e. The topological polar surface area (TPSA) is 86.8 Å². The normalized spacial score (nSPS) is 12.2. The van der Waals surface area contributed by atoms with Crippen LogP contribution in [0.5, 0.6) is 0 Å². The summed E-state index contributed by atoms with van der Waals surface area (Å²) in [5.74, 6) is -0.760. The Labute approximate surface area is 208 Å². The highest BCUT2D eigenvalue weighted by atomic mass is 35.5. The minimum Gasteiger partial charge on any atom is -0.354 e. The molecule has 0 radical (unpaired) electrons. The molecule has 1 unspecified atom stereocenters. The first kappa shape index (κ1) is 27.7. The third-order valence-corrected chi connectivity index (χ3v) is 7.11. The van der Waals surface area contributed by atoms with Crippen molar-refractivity contribution in [3.05, 3.63) is 64.2 Å². The van der Waals surface area contributed by atoms with Crippen LogP contribution in [-0.2, 0) is 26.2 Å². The standard InChI is InChI=1S/C25H34ClN3O4S/c1-6-7-14-27-25(31)20(4)28(16-21-9-11-22(26)12-10-21)24(30)17-29(34(5,32)33)23-13-8-18(2)19(3)15-23/h8-13,15,20H,6-7,14,16-17H2,1-5H3,(H,27,31). The van der Waals surface area contributed by atoms with Gasteiger partial charge in [-0.25, -0.2) is 8.42 Å². The molecule has 1 N–H and O–H groups in total. The van der Waals surface area contributed by atoms with E-state index in [-0.39, 0.29) is 12.5 Å². The van der Waals surface area contributed by atoms with Crippen molar-refractivity contribution in [2.24, 2.45) is 0 Å². The zero-order valence-electron chi connectivity index (χ0n) is 20.5. The number of carbonyl (C=O) groups excluding carboxylic acids is 2. The molecule has 0 saturated carbocycles. The molecule has 34 heavy (non-hydrogen) atoms. The van der Waals surface area contributed by atoms with Crippen LogP contribution in [0.1, 0.15) is 43.4 Å². The van der Waals surface area contributed by atoms with Gasteiger partial charge in [0.2, 0.25) is 21.8 Å². The quantitative estimate of drug-likeness (QED) is 0.465. The first-order chi connectivity index (χ1) is 15.9. The second-order valence-electron chi connectivity index (χ2n) is 8.51. The third-order valence-electron chi connectivity index (χ3n) is 5.72. The maximum Gasteiger partial charge on any atom is 0.244 e. The summed E-state index contributed by atoms with van der Waals surface area (Å²) in [5, 5.41) is 3.42. The van der Waals surface area contributed by atoms with E-state index in [0.717, 1.165) is 40.1 Å². The van der Waals surface area contributed by atoms with E-state index in [0.29, 0.717) is 17.3 Å². The van der Waals surface area contributed by atoms with Gasteiger partial charge in [0.05, 0.1) is 11.9 Å². The van der Waals surface area contributed by atoms with Gasteiger partial charge >= 0.3 is 0 Å².